The van der Waals surface area contributed by atoms with E-state index in [-0.39, 0.29) is 6.04 Å². The van der Waals surface area contributed by atoms with Crippen molar-refractivity contribution >= 4 is 0 Å². The molecule has 28 heavy (non-hydrogen) atoms. The van der Waals surface area contributed by atoms with Crippen LogP contribution < -0.4 is 0 Å². The molecule has 1 unspecified atom stereocenters. The van der Waals surface area contributed by atoms with Crippen molar-refractivity contribution in [3.63, 3.8) is 0 Å². The highest BCUT2D eigenvalue weighted by atomic mass is 19.4. The number of hydrogen-bond donors (Lipinski definition) is 0. The Balaban J connectivity index is 1.77. The lowest BCUT2D eigenvalue weighted by Gasteiger charge is -2.31. The maximum absolute atomic E-state index is 13.3. The third-order valence-electron chi connectivity index (χ3n) is 5.35. The number of hydrogen-bond acceptors (Lipinski definition) is 1. The zero-order valence-corrected chi connectivity index (χ0v) is 15.8. The van der Waals surface area contributed by atoms with E-state index in [9.17, 15) is 13.2 Å². The minimum Gasteiger partial charge on any atom is -0.350 e. The highest BCUT2D eigenvalue weighted by molar-refractivity contribution is 5.34. The fraction of sp³-hybridized carbons (Fsp3) is 0.304. The normalized spacial score (nSPS) is 17.9. The highest BCUT2D eigenvalue weighted by Crippen LogP contribution is 2.36. The first-order chi connectivity index (χ1) is 13.4. The van der Waals surface area contributed by atoms with Gasteiger partial charge in [0.05, 0.1) is 11.6 Å². The van der Waals surface area contributed by atoms with Crippen molar-refractivity contribution in [3.05, 3.63) is 94.8 Å². The van der Waals surface area contributed by atoms with Crippen LogP contribution in [0.2, 0.25) is 0 Å². The summed E-state index contributed by atoms with van der Waals surface area (Å²) in [6.07, 6.45) is -1.36. The Hall–Kier alpha value is -2.53. The van der Waals surface area contributed by atoms with E-state index < -0.39 is 11.7 Å². The molecule has 0 aliphatic carbocycles. The summed E-state index contributed by atoms with van der Waals surface area (Å²) >= 11 is 0. The molecule has 0 saturated carbocycles. The summed E-state index contributed by atoms with van der Waals surface area (Å²) in [5.74, 6) is 0. The molecule has 3 aromatic rings. The number of fused-ring (bicyclic) bond motifs is 1. The van der Waals surface area contributed by atoms with E-state index in [1.165, 1.54) is 23.3 Å². The van der Waals surface area contributed by atoms with E-state index in [1.807, 2.05) is 30.5 Å². The summed E-state index contributed by atoms with van der Waals surface area (Å²) in [7, 11) is 0. The summed E-state index contributed by atoms with van der Waals surface area (Å²) in [5, 5.41) is 0. The summed E-state index contributed by atoms with van der Waals surface area (Å²) < 4.78 is 42.1. The minimum absolute atomic E-state index is 0.208. The smallest absolute Gasteiger partial charge is 0.350 e. The van der Waals surface area contributed by atoms with Crippen LogP contribution in [0.3, 0.4) is 0 Å². The predicted molar refractivity (Wildman–Crippen MR) is 104 cm³/mol. The average molecular weight is 384 g/mol. The summed E-state index contributed by atoms with van der Waals surface area (Å²) in [5.41, 5.74) is 3.50. The van der Waals surface area contributed by atoms with Gasteiger partial charge < -0.3 is 4.57 Å². The Bertz CT molecular complexity index is 958. The van der Waals surface area contributed by atoms with E-state index in [2.05, 4.69) is 34.6 Å². The van der Waals surface area contributed by atoms with Crippen molar-refractivity contribution in [2.24, 2.45) is 0 Å². The molecule has 0 bridgehead atoms. The Morgan fingerprint density at radius 1 is 0.964 bits per heavy atom. The fourth-order valence-corrected chi connectivity index (χ4v) is 4.12. The standard InChI is InChI=1S/C23H23F3N2/c1-17-6-2-7-18(14-17)16-28-13-5-12-27-11-4-10-21(27)22(28)19-8-3-9-20(15-19)23(24,25)26/h2-4,6-11,14-15,22H,5,12-13,16H2,1H3. The molecular formula is C23H23F3N2. The van der Waals surface area contributed by atoms with Crippen LogP contribution in [0.25, 0.3) is 0 Å². The Labute approximate surface area is 163 Å². The first-order valence-corrected chi connectivity index (χ1v) is 9.53. The second-order valence-corrected chi connectivity index (χ2v) is 7.47. The molecule has 0 spiro atoms. The largest absolute Gasteiger partial charge is 0.416 e. The molecule has 4 rings (SSSR count). The van der Waals surface area contributed by atoms with Crippen molar-refractivity contribution in [2.75, 3.05) is 6.54 Å². The zero-order valence-electron chi connectivity index (χ0n) is 15.8. The second kappa shape index (κ2) is 7.47. The molecule has 1 atom stereocenters. The van der Waals surface area contributed by atoms with Crippen LogP contribution in [-0.4, -0.2) is 16.0 Å². The molecule has 0 saturated heterocycles. The first-order valence-electron chi connectivity index (χ1n) is 9.53. The van der Waals surface area contributed by atoms with Gasteiger partial charge in [-0.3, -0.25) is 4.90 Å². The van der Waals surface area contributed by atoms with Crippen LogP contribution >= 0.6 is 0 Å². The molecule has 1 aromatic heterocycles. The van der Waals surface area contributed by atoms with Crippen molar-refractivity contribution < 1.29 is 13.2 Å². The Morgan fingerprint density at radius 3 is 2.57 bits per heavy atom. The summed E-state index contributed by atoms with van der Waals surface area (Å²) in [6, 6.07) is 17.9. The van der Waals surface area contributed by atoms with E-state index in [4.69, 9.17) is 0 Å². The number of alkyl halides is 3. The van der Waals surface area contributed by atoms with Gasteiger partial charge in [-0.25, -0.2) is 0 Å². The molecule has 2 nitrogen and oxygen atoms in total. The maximum atomic E-state index is 13.3. The lowest BCUT2D eigenvalue weighted by molar-refractivity contribution is -0.137. The van der Waals surface area contributed by atoms with Gasteiger partial charge in [-0.15, -0.1) is 0 Å². The van der Waals surface area contributed by atoms with Gasteiger partial charge >= 0.3 is 6.18 Å². The van der Waals surface area contributed by atoms with Gasteiger partial charge in [0.25, 0.3) is 0 Å². The SMILES string of the molecule is Cc1cccc(CN2CCCn3cccc3C2c2cccc(C(F)(F)F)c2)c1. The molecule has 2 heterocycles. The minimum atomic E-state index is -4.34. The van der Waals surface area contributed by atoms with Crippen LogP contribution in [0.4, 0.5) is 13.2 Å². The molecule has 2 aromatic carbocycles. The van der Waals surface area contributed by atoms with Crippen molar-refractivity contribution in [3.8, 4) is 0 Å². The van der Waals surface area contributed by atoms with Crippen LogP contribution in [-0.2, 0) is 19.3 Å². The molecular weight excluding hydrogens is 361 g/mol. The van der Waals surface area contributed by atoms with Gasteiger partial charge in [0.2, 0.25) is 0 Å². The third-order valence-corrected chi connectivity index (χ3v) is 5.35. The maximum Gasteiger partial charge on any atom is 0.416 e. The van der Waals surface area contributed by atoms with Crippen molar-refractivity contribution in [1.82, 2.24) is 9.47 Å². The first kappa shape index (κ1) is 18.8. The number of benzene rings is 2. The van der Waals surface area contributed by atoms with Gasteiger partial charge in [0.15, 0.2) is 0 Å². The molecule has 0 fully saturated rings. The van der Waals surface area contributed by atoms with Crippen LogP contribution in [0.5, 0.6) is 0 Å². The number of aryl methyl sites for hydroxylation is 2. The molecule has 146 valence electrons. The molecule has 1 aliphatic rings. The summed E-state index contributed by atoms with van der Waals surface area (Å²) in [4.78, 5) is 2.29. The van der Waals surface area contributed by atoms with Gasteiger partial charge in [-0.1, -0.05) is 42.0 Å². The molecule has 0 amide bonds. The number of rotatable bonds is 3. The second-order valence-electron chi connectivity index (χ2n) is 7.47. The van der Waals surface area contributed by atoms with Gasteiger partial charge in [-0.05, 0) is 48.7 Å². The Morgan fingerprint density at radius 2 is 1.79 bits per heavy atom. The number of halogens is 3. The molecule has 5 heteroatoms. The molecule has 1 aliphatic heterocycles. The molecule has 0 radical (unpaired) electrons. The lowest BCUT2D eigenvalue weighted by Crippen LogP contribution is -2.29. The number of aromatic nitrogens is 1. The fourth-order valence-electron chi connectivity index (χ4n) is 4.12. The van der Waals surface area contributed by atoms with E-state index >= 15 is 0 Å². The summed E-state index contributed by atoms with van der Waals surface area (Å²) in [6.45, 7) is 4.47. The van der Waals surface area contributed by atoms with Crippen molar-refractivity contribution in [1.29, 1.82) is 0 Å². The number of nitrogens with zero attached hydrogens (tertiary/aromatic N) is 2. The predicted octanol–water partition coefficient (Wildman–Crippen LogP) is 5.81. The van der Waals surface area contributed by atoms with E-state index in [1.54, 1.807) is 0 Å². The van der Waals surface area contributed by atoms with Gasteiger partial charge in [-0.2, -0.15) is 13.2 Å². The van der Waals surface area contributed by atoms with Crippen LogP contribution in [0, 0.1) is 6.92 Å². The molecule has 0 N–H and O–H groups in total. The van der Waals surface area contributed by atoms with Gasteiger partial charge in [0, 0.05) is 31.5 Å². The third kappa shape index (κ3) is 3.85. The van der Waals surface area contributed by atoms with Gasteiger partial charge in [0.1, 0.15) is 0 Å². The monoisotopic (exact) mass is 384 g/mol. The zero-order chi connectivity index (χ0) is 19.7. The lowest BCUT2D eigenvalue weighted by atomic mass is 9.98. The highest BCUT2D eigenvalue weighted by Gasteiger charge is 2.33. The quantitative estimate of drug-likeness (QED) is 0.553. The average Bonchev–Trinajstić information content (AvgIpc) is 3.03. The van der Waals surface area contributed by atoms with Crippen molar-refractivity contribution in [2.45, 2.75) is 38.7 Å². The Kier molecular flexibility index (Phi) is 5.02. The van der Waals surface area contributed by atoms with E-state index in [0.29, 0.717) is 12.1 Å². The van der Waals surface area contributed by atoms with Crippen LogP contribution in [0.15, 0.2) is 66.9 Å². The van der Waals surface area contributed by atoms with E-state index in [0.717, 1.165) is 31.3 Å². The van der Waals surface area contributed by atoms with Crippen LogP contribution in [0.1, 0.15) is 40.4 Å². The topological polar surface area (TPSA) is 8.17 Å².